The molecule has 3 aromatic carbocycles. The van der Waals surface area contributed by atoms with Crippen molar-refractivity contribution in [3.63, 3.8) is 0 Å². The number of phenols is 1. The zero-order valence-corrected chi connectivity index (χ0v) is 18.3. The first-order valence-corrected chi connectivity index (χ1v) is 10.2. The summed E-state index contributed by atoms with van der Waals surface area (Å²) in [6.45, 7) is 0. The number of nitrogens with zero attached hydrogens (tertiary/aromatic N) is 1. The van der Waals surface area contributed by atoms with Crippen LogP contribution in [-0.2, 0) is 0 Å². The molecule has 1 aromatic heterocycles. The average Bonchev–Trinajstić information content (AvgIpc) is 2.85. The summed E-state index contributed by atoms with van der Waals surface area (Å²) in [5.74, 6) is 0.867. The zero-order chi connectivity index (χ0) is 22.7. The fourth-order valence-corrected chi connectivity index (χ4v) is 3.81. The molecule has 0 spiro atoms. The van der Waals surface area contributed by atoms with E-state index < -0.39 is 6.04 Å². The molecule has 0 saturated carbocycles. The minimum absolute atomic E-state index is 0.0447. The maximum absolute atomic E-state index is 13.1. The summed E-state index contributed by atoms with van der Waals surface area (Å²) in [4.78, 5) is 17.4. The smallest absolute Gasteiger partial charge is 0.252 e. The maximum atomic E-state index is 13.1. The largest absolute Gasteiger partial charge is 0.505 e. The van der Waals surface area contributed by atoms with E-state index in [2.05, 4.69) is 10.3 Å². The molecule has 0 radical (unpaired) electrons. The van der Waals surface area contributed by atoms with E-state index in [0.717, 1.165) is 5.56 Å². The van der Waals surface area contributed by atoms with Gasteiger partial charge in [0, 0.05) is 22.7 Å². The van der Waals surface area contributed by atoms with E-state index in [0.29, 0.717) is 38.6 Å². The number of rotatable bonds is 6. The van der Waals surface area contributed by atoms with Crippen LogP contribution in [-0.4, -0.2) is 30.2 Å². The molecule has 0 aliphatic carbocycles. The number of amides is 1. The average molecular weight is 449 g/mol. The summed E-state index contributed by atoms with van der Waals surface area (Å²) in [5, 5.41) is 15.1. The van der Waals surface area contributed by atoms with Gasteiger partial charge in [-0.15, -0.1) is 0 Å². The molecule has 0 fully saturated rings. The quantitative estimate of drug-likeness (QED) is 0.427. The number of benzene rings is 3. The molecule has 4 rings (SSSR count). The molecule has 0 aliphatic heterocycles. The summed E-state index contributed by atoms with van der Waals surface area (Å²) in [6, 6.07) is 18.6. The lowest BCUT2D eigenvalue weighted by Gasteiger charge is -2.22. The molecule has 1 heterocycles. The predicted octanol–water partition coefficient (Wildman–Crippen LogP) is 5.13. The van der Waals surface area contributed by atoms with Crippen molar-refractivity contribution in [2.24, 2.45) is 0 Å². The third-order valence-corrected chi connectivity index (χ3v) is 5.53. The van der Waals surface area contributed by atoms with Crippen molar-refractivity contribution in [2.45, 2.75) is 6.04 Å². The van der Waals surface area contributed by atoms with E-state index in [9.17, 15) is 9.90 Å². The number of nitrogens with one attached hydrogen (secondary N) is 1. The molecule has 0 unspecified atom stereocenters. The molecule has 0 aliphatic rings. The van der Waals surface area contributed by atoms with Crippen LogP contribution < -0.4 is 14.8 Å². The van der Waals surface area contributed by atoms with Gasteiger partial charge in [-0.2, -0.15) is 0 Å². The number of pyridine rings is 1. The second-order valence-electron chi connectivity index (χ2n) is 7.11. The summed E-state index contributed by atoms with van der Waals surface area (Å²) < 4.78 is 10.5. The zero-order valence-electron chi connectivity index (χ0n) is 17.5. The lowest BCUT2D eigenvalue weighted by atomic mass is 9.95. The molecule has 4 aromatic rings. The van der Waals surface area contributed by atoms with Gasteiger partial charge in [-0.05, 0) is 54.1 Å². The van der Waals surface area contributed by atoms with Gasteiger partial charge < -0.3 is 19.9 Å². The summed E-state index contributed by atoms with van der Waals surface area (Å²) in [7, 11) is 3.12. The third-order valence-electron chi connectivity index (χ3n) is 5.21. The Kier molecular flexibility index (Phi) is 6.14. The first kappa shape index (κ1) is 21.5. The molecule has 6 nitrogen and oxygen atoms in total. The predicted molar refractivity (Wildman–Crippen MR) is 124 cm³/mol. The van der Waals surface area contributed by atoms with E-state index in [1.165, 1.54) is 0 Å². The number of halogens is 1. The van der Waals surface area contributed by atoms with E-state index in [-0.39, 0.29) is 11.7 Å². The van der Waals surface area contributed by atoms with Crippen LogP contribution >= 0.6 is 11.6 Å². The Morgan fingerprint density at radius 1 is 1.00 bits per heavy atom. The van der Waals surface area contributed by atoms with Crippen LogP contribution in [0.15, 0.2) is 72.9 Å². The third kappa shape index (κ3) is 4.18. The van der Waals surface area contributed by atoms with Crippen LogP contribution in [0.1, 0.15) is 27.5 Å². The van der Waals surface area contributed by atoms with Crippen LogP contribution in [0.5, 0.6) is 17.2 Å². The standard InChI is InChI=1S/C25H21ClN2O4/c1-31-17-10-8-15(9-11-17)22(28-25(30)16-5-3-6-18(13-16)32-2)20-14-21(26)19-7-4-12-27-23(19)24(20)29/h3-14,22,29H,1-2H3,(H,28,30)/t22-/m0/s1. The highest BCUT2D eigenvalue weighted by molar-refractivity contribution is 6.35. The molecule has 0 bridgehead atoms. The van der Waals surface area contributed by atoms with Gasteiger partial charge in [0.15, 0.2) is 0 Å². The van der Waals surface area contributed by atoms with Gasteiger partial charge in [-0.1, -0.05) is 29.8 Å². The lowest BCUT2D eigenvalue weighted by Crippen LogP contribution is -2.29. The van der Waals surface area contributed by atoms with Crippen LogP contribution in [0, 0.1) is 0 Å². The molecule has 1 amide bonds. The molecular weight excluding hydrogens is 428 g/mol. The van der Waals surface area contributed by atoms with Crippen molar-refractivity contribution in [3.8, 4) is 17.2 Å². The summed E-state index contributed by atoms with van der Waals surface area (Å²) >= 11 is 6.51. The first-order chi connectivity index (χ1) is 15.5. The van der Waals surface area contributed by atoms with E-state index in [4.69, 9.17) is 21.1 Å². The van der Waals surface area contributed by atoms with Crippen molar-refractivity contribution >= 4 is 28.4 Å². The number of carbonyl (C=O) groups excluding carboxylic acids is 1. The van der Waals surface area contributed by atoms with Gasteiger partial charge in [-0.3, -0.25) is 9.78 Å². The Labute approximate surface area is 190 Å². The van der Waals surface area contributed by atoms with Crippen molar-refractivity contribution in [2.75, 3.05) is 14.2 Å². The van der Waals surface area contributed by atoms with Crippen LogP contribution in [0.25, 0.3) is 10.9 Å². The minimum atomic E-state index is -0.691. The van der Waals surface area contributed by atoms with Gasteiger partial charge in [0.2, 0.25) is 0 Å². The van der Waals surface area contributed by atoms with Crippen LogP contribution in [0.2, 0.25) is 5.02 Å². The number of hydrogen-bond acceptors (Lipinski definition) is 5. The van der Waals surface area contributed by atoms with Crippen molar-refractivity contribution in [1.82, 2.24) is 10.3 Å². The Morgan fingerprint density at radius 3 is 2.47 bits per heavy atom. The van der Waals surface area contributed by atoms with Crippen molar-refractivity contribution in [3.05, 3.63) is 94.6 Å². The highest BCUT2D eigenvalue weighted by atomic mass is 35.5. The number of ether oxygens (including phenoxy) is 2. The first-order valence-electron chi connectivity index (χ1n) is 9.86. The molecule has 2 N–H and O–H groups in total. The van der Waals surface area contributed by atoms with Gasteiger partial charge in [0.1, 0.15) is 22.8 Å². The Balaban J connectivity index is 1.82. The fourth-order valence-electron chi connectivity index (χ4n) is 3.54. The Morgan fingerprint density at radius 2 is 1.75 bits per heavy atom. The van der Waals surface area contributed by atoms with Gasteiger partial charge in [-0.25, -0.2) is 0 Å². The van der Waals surface area contributed by atoms with Crippen LogP contribution in [0.3, 0.4) is 0 Å². The maximum Gasteiger partial charge on any atom is 0.252 e. The molecule has 162 valence electrons. The van der Waals surface area contributed by atoms with E-state index >= 15 is 0 Å². The molecule has 32 heavy (non-hydrogen) atoms. The van der Waals surface area contributed by atoms with Crippen LogP contribution in [0.4, 0.5) is 0 Å². The summed E-state index contributed by atoms with van der Waals surface area (Å²) in [6.07, 6.45) is 1.58. The minimum Gasteiger partial charge on any atom is -0.505 e. The fraction of sp³-hybridized carbons (Fsp3) is 0.120. The van der Waals surface area contributed by atoms with E-state index in [1.54, 1.807) is 75.0 Å². The van der Waals surface area contributed by atoms with Crippen molar-refractivity contribution in [1.29, 1.82) is 0 Å². The topological polar surface area (TPSA) is 80.7 Å². The number of aromatic hydroxyl groups is 1. The van der Waals surface area contributed by atoms with Crippen molar-refractivity contribution < 1.29 is 19.4 Å². The normalized spacial score (nSPS) is 11.7. The Hall–Kier alpha value is -3.77. The lowest BCUT2D eigenvalue weighted by molar-refractivity contribution is 0.0942. The number of methoxy groups -OCH3 is 2. The monoisotopic (exact) mass is 448 g/mol. The highest BCUT2D eigenvalue weighted by Crippen LogP contribution is 2.38. The number of aromatic nitrogens is 1. The number of hydrogen-bond donors (Lipinski definition) is 2. The SMILES string of the molecule is COc1ccc([C@H](NC(=O)c2cccc(OC)c2)c2cc(Cl)c3cccnc3c2O)cc1. The van der Waals surface area contributed by atoms with Gasteiger partial charge in [0.05, 0.1) is 25.3 Å². The second-order valence-corrected chi connectivity index (χ2v) is 7.51. The molecular formula is C25H21ClN2O4. The molecule has 0 saturated heterocycles. The molecule has 1 atom stereocenters. The highest BCUT2D eigenvalue weighted by Gasteiger charge is 2.24. The van der Waals surface area contributed by atoms with Gasteiger partial charge >= 0.3 is 0 Å². The number of phenolic OH excluding ortho intramolecular Hbond substituents is 1. The molecule has 7 heteroatoms. The van der Waals surface area contributed by atoms with E-state index in [1.807, 2.05) is 12.1 Å². The number of carbonyl (C=O) groups is 1. The Bertz CT molecular complexity index is 1270. The van der Waals surface area contributed by atoms with Gasteiger partial charge in [0.25, 0.3) is 5.91 Å². The second kappa shape index (κ2) is 9.16. The number of fused-ring (bicyclic) bond motifs is 1. The summed E-state index contributed by atoms with van der Waals surface area (Å²) in [5.41, 5.74) is 1.96.